The zero-order chi connectivity index (χ0) is 18.7. The lowest BCUT2D eigenvalue weighted by Gasteiger charge is -2.34. The summed E-state index contributed by atoms with van der Waals surface area (Å²) in [7, 11) is 0. The number of para-hydroxylation sites is 1. The first-order chi connectivity index (χ1) is 12.6. The monoisotopic (exact) mass is 356 g/mol. The Morgan fingerprint density at radius 1 is 1.12 bits per heavy atom. The van der Waals surface area contributed by atoms with Gasteiger partial charge in [0.2, 0.25) is 5.91 Å². The topological polar surface area (TPSA) is 57.7 Å². The highest BCUT2D eigenvalue weighted by molar-refractivity contribution is 6.22. The van der Waals surface area contributed by atoms with E-state index in [9.17, 15) is 14.4 Å². The third-order valence-electron chi connectivity index (χ3n) is 5.49. The standard InChI is InChI=1S/C21H28N2O3/c1-3-9-15(10-4-2)19(24)23-17-12-6-5-11-16(17)20(25)22-14-8-7-13-18(22)21(23)26/h5-6,11-12,15,18H,3-4,7-10,13-14H2,1-2H3/t18-/m0/s1. The normalized spacial score (nSPS) is 20.0. The van der Waals surface area contributed by atoms with E-state index in [0.717, 1.165) is 38.5 Å². The average Bonchev–Trinajstić information content (AvgIpc) is 2.76. The molecule has 3 rings (SSSR count). The number of rotatable bonds is 5. The number of fused-ring (bicyclic) bond motifs is 2. The van der Waals surface area contributed by atoms with Gasteiger partial charge in [0.1, 0.15) is 6.04 Å². The van der Waals surface area contributed by atoms with Crippen LogP contribution in [0.25, 0.3) is 0 Å². The Kier molecular flexibility index (Phi) is 5.74. The van der Waals surface area contributed by atoms with Crippen molar-refractivity contribution in [2.24, 2.45) is 5.92 Å². The van der Waals surface area contributed by atoms with E-state index in [4.69, 9.17) is 0 Å². The van der Waals surface area contributed by atoms with Crippen LogP contribution in [0.15, 0.2) is 24.3 Å². The quantitative estimate of drug-likeness (QED) is 0.807. The first-order valence-electron chi connectivity index (χ1n) is 9.87. The molecule has 0 aliphatic carbocycles. The molecular formula is C21H28N2O3. The van der Waals surface area contributed by atoms with Gasteiger partial charge < -0.3 is 4.90 Å². The number of carbonyl (C=O) groups is 3. The molecule has 1 atom stereocenters. The molecule has 2 aliphatic rings. The first kappa shape index (κ1) is 18.6. The summed E-state index contributed by atoms with van der Waals surface area (Å²) in [6, 6.07) is 6.53. The van der Waals surface area contributed by atoms with E-state index in [1.54, 1.807) is 29.2 Å². The number of piperidine rings is 1. The summed E-state index contributed by atoms with van der Waals surface area (Å²) < 4.78 is 0. The Morgan fingerprint density at radius 3 is 2.50 bits per heavy atom. The highest BCUT2D eigenvalue weighted by Gasteiger charge is 2.43. The molecule has 26 heavy (non-hydrogen) atoms. The minimum atomic E-state index is -0.517. The van der Waals surface area contributed by atoms with Gasteiger partial charge in [-0.3, -0.25) is 14.4 Å². The fourth-order valence-corrected chi connectivity index (χ4v) is 4.20. The number of nitrogens with zero attached hydrogens (tertiary/aromatic N) is 2. The van der Waals surface area contributed by atoms with Crippen molar-refractivity contribution in [1.82, 2.24) is 4.90 Å². The number of anilines is 1. The molecule has 1 fully saturated rings. The summed E-state index contributed by atoms with van der Waals surface area (Å²) in [4.78, 5) is 42.8. The number of imide groups is 1. The van der Waals surface area contributed by atoms with Crippen LogP contribution in [0.4, 0.5) is 5.69 Å². The summed E-state index contributed by atoms with van der Waals surface area (Å²) in [6.45, 7) is 4.69. The molecule has 0 radical (unpaired) electrons. The average molecular weight is 356 g/mol. The smallest absolute Gasteiger partial charge is 0.256 e. The molecule has 0 bridgehead atoms. The third kappa shape index (κ3) is 3.27. The second-order valence-corrected chi connectivity index (χ2v) is 7.31. The van der Waals surface area contributed by atoms with Gasteiger partial charge in [-0.15, -0.1) is 0 Å². The molecule has 2 heterocycles. The Morgan fingerprint density at radius 2 is 1.81 bits per heavy atom. The van der Waals surface area contributed by atoms with E-state index in [1.807, 2.05) is 0 Å². The Balaban J connectivity index is 2.07. The van der Waals surface area contributed by atoms with Crippen LogP contribution in [0, 0.1) is 5.92 Å². The largest absolute Gasteiger partial charge is 0.327 e. The molecular weight excluding hydrogens is 328 g/mol. The summed E-state index contributed by atoms with van der Waals surface area (Å²) in [5, 5.41) is 0. The third-order valence-corrected chi connectivity index (χ3v) is 5.49. The number of carbonyl (C=O) groups excluding carboxylic acids is 3. The maximum atomic E-state index is 13.4. The second kappa shape index (κ2) is 8.02. The molecule has 1 aromatic rings. The lowest BCUT2D eigenvalue weighted by atomic mass is 9.95. The lowest BCUT2D eigenvalue weighted by molar-refractivity contribution is -0.131. The fourth-order valence-electron chi connectivity index (χ4n) is 4.20. The number of benzene rings is 1. The van der Waals surface area contributed by atoms with Crippen LogP contribution in [-0.4, -0.2) is 35.2 Å². The van der Waals surface area contributed by atoms with Crippen LogP contribution in [0.5, 0.6) is 0 Å². The second-order valence-electron chi connectivity index (χ2n) is 7.31. The molecule has 1 saturated heterocycles. The van der Waals surface area contributed by atoms with Crippen LogP contribution in [-0.2, 0) is 9.59 Å². The molecule has 0 spiro atoms. The number of amides is 3. The molecule has 0 N–H and O–H groups in total. The van der Waals surface area contributed by atoms with Gasteiger partial charge in [0.05, 0.1) is 11.3 Å². The van der Waals surface area contributed by atoms with Gasteiger partial charge in [-0.25, -0.2) is 4.90 Å². The van der Waals surface area contributed by atoms with E-state index < -0.39 is 6.04 Å². The van der Waals surface area contributed by atoms with Gasteiger partial charge in [-0.05, 0) is 44.2 Å². The Labute approximate surface area is 155 Å². The van der Waals surface area contributed by atoms with Crippen molar-refractivity contribution in [2.45, 2.75) is 64.8 Å². The van der Waals surface area contributed by atoms with E-state index in [1.165, 1.54) is 4.90 Å². The van der Waals surface area contributed by atoms with Crippen molar-refractivity contribution in [1.29, 1.82) is 0 Å². The molecule has 5 heteroatoms. The highest BCUT2D eigenvalue weighted by atomic mass is 16.2. The highest BCUT2D eigenvalue weighted by Crippen LogP contribution is 2.33. The van der Waals surface area contributed by atoms with Gasteiger partial charge in [-0.2, -0.15) is 0 Å². The minimum absolute atomic E-state index is 0.128. The Hall–Kier alpha value is -2.17. The van der Waals surface area contributed by atoms with Crippen molar-refractivity contribution in [3.8, 4) is 0 Å². The van der Waals surface area contributed by atoms with Crippen molar-refractivity contribution >= 4 is 23.4 Å². The van der Waals surface area contributed by atoms with E-state index in [-0.39, 0.29) is 23.6 Å². The summed E-state index contributed by atoms with van der Waals surface area (Å²) >= 11 is 0. The van der Waals surface area contributed by atoms with Gasteiger partial charge in [0, 0.05) is 12.5 Å². The van der Waals surface area contributed by atoms with Crippen LogP contribution in [0.3, 0.4) is 0 Å². The van der Waals surface area contributed by atoms with Crippen molar-refractivity contribution < 1.29 is 14.4 Å². The molecule has 140 valence electrons. The minimum Gasteiger partial charge on any atom is -0.327 e. The van der Waals surface area contributed by atoms with Crippen molar-refractivity contribution in [2.75, 3.05) is 11.4 Å². The fraction of sp³-hybridized carbons (Fsp3) is 0.571. The van der Waals surface area contributed by atoms with Crippen LogP contribution < -0.4 is 4.90 Å². The number of hydrogen-bond donors (Lipinski definition) is 0. The summed E-state index contributed by atoms with van der Waals surface area (Å²) in [5.74, 6) is -0.680. The lowest BCUT2D eigenvalue weighted by Crippen LogP contribution is -2.53. The van der Waals surface area contributed by atoms with E-state index in [2.05, 4.69) is 13.8 Å². The maximum Gasteiger partial charge on any atom is 0.256 e. The number of hydrogen-bond acceptors (Lipinski definition) is 3. The van der Waals surface area contributed by atoms with E-state index in [0.29, 0.717) is 24.2 Å². The van der Waals surface area contributed by atoms with Gasteiger partial charge in [0.15, 0.2) is 0 Å². The van der Waals surface area contributed by atoms with Crippen LogP contribution >= 0.6 is 0 Å². The predicted molar refractivity (Wildman–Crippen MR) is 101 cm³/mol. The zero-order valence-corrected chi connectivity index (χ0v) is 15.7. The SMILES string of the molecule is CCCC(CCC)C(=O)N1C(=O)[C@@H]2CCCCN2C(=O)c2ccccc21. The molecule has 2 aliphatic heterocycles. The first-order valence-corrected chi connectivity index (χ1v) is 9.87. The van der Waals surface area contributed by atoms with E-state index >= 15 is 0 Å². The van der Waals surface area contributed by atoms with Gasteiger partial charge >= 0.3 is 0 Å². The molecule has 1 aromatic carbocycles. The molecule has 5 nitrogen and oxygen atoms in total. The summed E-state index contributed by atoms with van der Waals surface area (Å²) in [6.07, 6.45) is 5.77. The van der Waals surface area contributed by atoms with Gasteiger partial charge in [-0.1, -0.05) is 38.8 Å². The van der Waals surface area contributed by atoms with Crippen LogP contribution in [0.1, 0.15) is 69.2 Å². The van der Waals surface area contributed by atoms with Crippen molar-refractivity contribution in [3.05, 3.63) is 29.8 Å². The molecule has 3 amide bonds. The zero-order valence-electron chi connectivity index (χ0n) is 15.7. The molecule has 0 saturated carbocycles. The Bertz CT molecular complexity index is 694. The predicted octanol–water partition coefficient (Wildman–Crippen LogP) is 3.77. The maximum absolute atomic E-state index is 13.4. The van der Waals surface area contributed by atoms with Crippen LogP contribution in [0.2, 0.25) is 0 Å². The van der Waals surface area contributed by atoms with Crippen molar-refractivity contribution in [3.63, 3.8) is 0 Å². The summed E-state index contributed by atoms with van der Waals surface area (Å²) in [5.41, 5.74) is 0.921. The molecule has 0 aromatic heterocycles. The van der Waals surface area contributed by atoms with Gasteiger partial charge in [0.25, 0.3) is 11.8 Å². The molecule has 0 unspecified atom stereocenters.